The monoisotopic (exact) mass is 231 g/mol. The van der Waals surface area contributed by atoms with Crippen LogP contribution >= 0.6 is 11.8 Å². The number of unbranched alkanes of at least 4 members (excludes halogenated alkanes) is 1. The van der Waals surface area contributed by atoms with Gasteiger partial charge in [-0.1, -0.05) is 0 Å². The molecule has 88 valence electrons. The smallest absolute Gasteiger partial charge is 0.304 e. The zero-order valence-corrected chi connectivity index (χ0v) is 10.3. The molecule has 0 aromatic carbocycles. The van der Waals surface area contributed by atoms with Gasteiger partial charge < -0.3 is 5.11 Å². The predicted octanol–water partition coefficient (Wildman–Crippen LogP) is 2.07. The third-order valence-corrected chi connectivity index (χ3v) is 3.42. The topological polar surface area (TPSA) is 40.5 Å². The molecule has 4 heteroatoms. The SMILES string of the molecule is CSCCCCN(CCC(=O)O)C1CC1. The number of thioether (sulfide) groups is 1. The highest BCUT2D eigenvalue weighted by atomic mass is 32.2. The minimum atomic E-state index is -0.676. The van der Waals surface area contributed by atoms with Crippen LogP contribution in [0.3, 0.4) is 0 Å². The van der Waals surface area contributed by atoms with Crippen LogP contribution < -0.4 is 0 Å². The fourth-order valence-electron chi connectivity index (χ4n) is 1.72. The Morgan fingerprint density at radius 3 is 2.67 bits per heavy atom. The number of rotatable bonds is 9. The number of hydrogen-bond acceptors (Lipinski definition) is 3. The molecule has 1 fully saturated rings. The van der Waals surface area contributed by atoms with E-state index in [1.54, 1.807) is 0 Å². The molecular weight excluding hydrogens is 210 g/mol. The summed E-state index contributed by atoms with van der Waals surface area (Å²) < 4.78 is 0. The number of carboxylic acids is 1. The summed E-state index contributed by atoms with van der Waals surface area (Å²) in [5.74, 6) is 0.544. The molecule has 1 N–H and O–H groups in total. The van der Waals surface area contributed by atoms with Crippen molar-refractivity contribution in [3.05, 3.63) is 0 Å². The van der Waals surface area contributed by atoms with Crippen LogP contribution in [0.15, 0.2) is 0 Å². The van der Waals surface area contributed by atoms with Gasteiger partial charge in [0.2, 0.25) is 0 Å². The lowest BCUT2D eigenvalue weighted by Crippen LogP contribution is -2.29. The Morgan fingerprint density at radius 2 is 2.13 bits per heavy atom. The summed E-state index contributed by atoms with van der Waals surface area (Å²) in [6, 6.07) is 0.693. The average molecular weight is 231 g/mol. The number of carbonyl (C=O) groups is 1. The summed E-state index contributed by atoms with van der Waals surface area (Å²) in [5, 5.41) is 8.64. The summed E-state index contributed by atoms with van der Waals surface area (Å²) in [6.45, 7) is 1.82. The van der Waals surface area contributed by atoms with E-state index in [0.29, 0.717) is 12.5 Å². The minimum Gasteiger partial charge on any atom is -0.481 e. The first-order valence-electron chi connectivity index (χ1n) is 5.69. The zero-order chi connectivity index (χ0) is 11.1. The average Bonchev–Trinajstić information content (AvgIpc) is 3.00. The van der Waals surface area contributed by atoms with Crippen LogP contribution in [-0.4, -0.2) is 47.1 Å². The van der Waals surface area contributed by atoms with E-state index >= 15 is 0 Å². The maximum atomic E-state index is 10.5. The standard InChI is InChI=1S/C11H21NO2S/c1-15-9-3-2-7-12(10-4-5-10)8-6-11(13)14/h10H,2-9H2,1H3,(H,13,14). The van der Waals surface area contributed by atoms with Crippen LogP contribution in [-0.2, 0) is 4.79 Å². The van der Waals surface area contributed by atoms with Gasteiger partial charge in [0.05, 0.1) is 6.42 Å². The Morgan fingerprint density at radius 1 is 1.40 bits per heavy atom. The molecule has 0 atom stereocenters. The molecule has 0 unspecified atom stereocenters. The van der Waals surface area contributed by atoms with Gasteiger partial charge in [-0.3, -0.25) is 9.69 Å². The van der Waals surface area contributed by atoms with Crippen molar-refractivity contribution in [1.82, 2.24) is 4.90 Å². The van der Waals surface area contributed by atoms with Crippen molar-refractivity contribution in [2.45, 2.75) is 38.1 Å². The molecule has 0 aliphatic heterocycles. The highest BCUT2D eigenvalue weighted by Crippen LogP contribution is 2.27. The van der Waals surface area contributed by atoms with Crippen molar-refractivity contribution >= 4 is 17.7 Å². The van der Waals surface area contributed by atoms with Crippen LogP contribution in [0.1, 0.15) is 32.1 Å². The molecule has 1 saturated carbocycles. The fourth-order valence-corrected chi connectivity index (χ4v) is 2.21. The van der Waals surface area contributed by atoms with Gasteiger partial charge in [0.15, 0.2) is 0 Å². The van der Waals surface area contributed by atoms with Crippen molar-refractivity contribution in [2.75, 3.05) is 25.1 Å². The van der Waals surface area contributed by atoms with E-state index in [1.807, 2.05) is 11.8 Å². The van der Waals surface area contributed by atoms with Crippen molar-refractivity contribution in [3.8, 4) is 0 Å². The van der Waals surface area contributed by atoms with Gasteiger partial charge in [0.25, 0.3) is 0 Å². The minimum absolute atomic E-state index is 0.291. The molecule has 0 spiro atoms. The largest absolute Gasteiger partial charge is 0.481 e. The van der Waals surface area contributed by atoms with E-state index in [-0.39, 0.29) is 0 Å². The maximum absolute atomic E-state index is 10.5. The van der Waals surface area contributed by atoms with E-state index in [4.69, 9.17) is 5.11 Å². The van der Waals surface area contributed by atoms with Crippen molar-refractivity contribution < 1.29 is 9.90 Å². The molecule has 0 bridgehead atoms. The fraction of sp³-hybridized carbons (Fsp3) is 0.909. The molecule has 0 saturated heterocycles. The van der Waals surface area contributed by atoms with Crippen LogP contribution in [0, 0.1) is 0 Å². The van der Waals surface area contributed by atoms with Gasteiger partial charge in [-0.25, -0.2) is 0 Å². The summed E-state index contributed by atoms with van der Waals surface area (Å²) in [7, 11) is 0. The Labute approximate surface area is 96.2 Å². The molecule has 0 radical (unpaired) electrons. The molecule has 15 heavy (non-hydrogen) atoms. The third kappa shape index (κ3) is 6.05. The summed E-state index contributed by atoms with van der Waals surface area (Å²) in [6.07, 6.45) is 7.40. The van der Waals surface area contributed by atoms with Gasteiger partial charge in [0, 0.05) is 12.6 Å². The number of carboxylic acid groups (broad SMARTS) is 1. The van der Waals surface area contributed by atoms with E-state index < -0.39 is 5.97 Å². The Balaban J connectivity index is 2.10. The second-order valence-corrected chi connectivity index (χ2v) is 5.10. The number of hydrogen-bond donors (Lipinski definition) is 1. The highest BCUT2D eigenvalue weighted by molar-refractivity contribution is 7.98. The van der Waals surface area contributed by atoms with Crippen LogP contribution in [0.25, 0.3) is 0 Å². The van der Waals surface area contributed by atoms with Crippen LogP contribution in [0.2, 0.25) is 0 Å². The molecule has 1 aliphatic rings. The van der Waals surface area contributed by atoms with Crippen LogP contribution in [0.4, 0.5) is 0 Å². The lowest BCUT2D eigenvalue weighted by molar-refractivity contribution is -0.137. The number of nitrogens with zero attached hydrogens (tertiary/aromatic N) is 1. The lowest BCUT2D eigenvalue weighted by atomic mass is 10.3. The molecular formula is C11H21NO2S. The van der Waals surface area contributed by atoms with Crippen LogP contribution in [0.5, 0.6) is 0 Å². The van der Waals surface area contributed by atoms with Gasteiger partial charge in [-0.2, -0.15) is 11.8 Å². The Kier molecular flexibility index (Phi) is 6.10. The summed E-state index contributed by atoms with van der Waals surface area (Å²) >= 11 is 1.88. The first-order chi connectivity index (χ1) is 7.24. The highest BCUT2D eigenvalue weighted by Gasteiger charge is 2.28. The molecule has 1 rings (SSSR count). The van der Waals surface area contributed by atoms with Crippen molar-refractivity contribution in [2.24, 2.45) is 0 Å². The van der Waals surface area contributed by atoms with Gasteiger partial charge in [-0.05, 0) is 44.2 Å². The maximum Gasteiger partial charge on any atom is 0.304 e. The second kappa shape index (κ2) is 7.12. The number of aliphatic carboxylic acids is 1. The van der Waals surface area contributed by atoms with E-state index in [9.17, 15) is 4.79 Å². The Bertz CT molecular complexity index is 195. The van der Waals surface area contributed by atoms with Crippen molar-refractivity contribution in [3.63, 3.8) is 0 Å². The van der Waals surface area contributed by atoms with Gasteiger partial charge in [0.1, 0.15) is 0 Å². The summed E-state index contributed by atoms with van der Waals surface area (Å²) in [5.41, 5.74) is 0. The molecule has 0 heterocycles. The lowest BCUT2D eigenvalue weighted by Gasteiger charge is -2.20. The first-order valence-corrected chi connectivity index (χ1v) is 7.08. The van der Waals surface area contributed by atoms with E-state index in [2.05, 4.69) is 11.2 Å². The van der Waals surface area contributed by atoms with Gasteiger partial charge in [-0.15, -0.1) is 0 Å². The zero-order valence-electron chi connectivity index (χ0n) is 9.45. The third-order valence-electron chi connectivity index (χ3n) is 2.72. The molecule has 3 nitrogen and oxygen atoms in total. The second-order valence-electron chi connectivity index (χ2n) is 4.11. The predicted molar refractivity (Wildman–Crippen MR) is 64.5 cm³/mol. The Hall–Kier alpha value is -0.220. The molecule has 1 aliphatic carbocycles. The summed E-state index contributed by atoms with van der Waals surface area (Å²) in [4.78, 5) is 12.8. The first kappa shape index (κ1) is 12.8. The van der Waals surface area contributed by atoms with E-state index in [1.165, 1.54) is 31.4 Å². The molecule has 0 aromatic heterocycles. The molecule has 0 aromatic rings. The quantitative estimate of drug-likeness (QED) is 0.617. The normalized spacial score (nSPS) is 15.9. The van der Waals surface area contributed by atoms with Gasteiger partial charge >= 0.3 is 5.97 Å². The van der Waals surface area contributed by atoms with E-state index in [0.717, 1.165) is 13.1 Å². The molecule has 0 amide bonds. The van der Waals surface area contributed by atoms with Crippen molar-refractivity contribution in [1.29, 1.82) is 0 Å².